The van der Waals surface area contributed by atoms with Crippen LogP contribution in [0, 0.1) is 13.8 Å². The minimum Gasteiger partial charge on any atom is -0.305 e. The van der Waals surface area contributed by atoms with Crippen molar-refractivity contribution in [1.29, 1.82) is 0 Å². The van der Waals surface area contributed by atoms with Crippen LogP contribution < -0.4 is 16.8 Å². The number of benzene rings is 1. The first-order valence-corrected chi connectivity index (χ1v) is 7.21. The second kappa shape index (κ2) is 6.15. The molecule has 3 N–H and O–H groups in total. The number of hydrogen-bond acceptors (Lipinski definition) is 3. The number of carbonyl (C=O) groups excluding carboxylic acids is 1. The molecule has 1 aromatic carbocycles. The Morgan fingerprint density at radius 2 is 1.86 bits per heavy atom. The first-order chi connectivity index (χ1) is 10.4. The van der Waals surface area contributed by atoms with Gasteiger partial charge in [-0.25, -0.2) is 5.84 Å². The van der Waals surface area contributed by atoms with E-state index in [2.05, 4.69) is 0 Å². The van der Waals surface area contributed by atoms with Crippen LogP contribution in [0.3, 0.4) is 0 Å². The zero-order valence-electron chi connectivity index (χ0n) is 13.3. The maximum atomic E-state index is 12.6. The van der Waals surface area contributed by atoms with E-state index < -0.39 is 5.91 Å². The van der Waals surface area contributed by atoms with Gasteiger partial charge in [-0.3, -0.25) is 15.0 Å². The number of nitrogens with two attached hydrogens (primary N) is 1. The topological polar surface area (TPSA) is 77.1 Å². The van der Waals surface area contributed by atoms with Gasteiger partial charge in [0.25, 0.3) is 11.5 Å². The van der Waals surface area contributed by atoms with Crippen molar-refractivity contribution in [2.75, 3.05) is 0 Å². The molecule has 5 nitrogen and oxygen atoms in total. The Balaban J connectivity index is 2.78. The van der Waals surface area contributed by atoms with Gasteiger partial charge in [-0.2, -0.15) is 0 Å². The fraction of sp³-hybridized carbons (Fsp3) is 0.294. The number of rotatable bonds is 3. The molecule has 0 unspecified atom stereocenters. The molecule has 0 fully saturated rings. The summed E-state index contributed by atoms with van der Waals surface area (Å²) in [6.07, 6.45) is 0. The molecule has 1 amide bonds. The Hall–Kier alpha value is -2.40. The predicted molar refractivity (Wildman–Crippen MR) is 87.7 cm³/mol. The molecule has 0 aliphatic carbocycles. The van der Waals surface area contributed by atoms with Gasteiger partial charge in [0.1, 0.15) is 5.56 Å². The van der Waals surface area contributed by atoms with Crippen molar-refractivity contribution in [2.24, 2.45) is 5.84 Å². The Kier molecular flexibility index (Phi) is 4.47. The van der Waals surface area contributed by atoms with Crippen molar-refractivity contribution in [2.45, 2.75) is 33.7 Å². The van der Waals surface area contributed by atoms with Crippen LogP contribution in [0.2, 0.25) is 0 Å². The fourth-order valence-electron chi connectivity index (χ4n) is 2.55. The van der Waals surface area contributed by atoms with Gasteiger partial charge in [0.2, 0.25) is 0 Å². The molecule has 0 aliphatic rings. The molecular weight excluding hydrogens is 278 g/mol. The lowest BCUT2D eigenvalue weighted by atomic mass is 10.0. The van der Waals surface area contributed by atoms with Gasteiger partial charge < -0.3 is 4.57 Å². The monoisotopic (exact) mass is 299 g/mol. The van der Waals surface area contributed by atoms with Crippen LogP contribution in [-0.2, 0) is 0 Å². The Morgan fingerprint density at radius 1 is 1.18 bits per heavy atom. The third-order valence-corrected chi connectivity index (χ3v) is 3.68. The number of carbonyl (C=O) groups is 1. The molecule has 0 saturated heterocycles. The third kappa shape index (κ3) is 2.80. The normalized spacial score (nSPS) is 10.8. The van der Waals surface area contributed by atoms with E-state index in [1.165, 1.54) is 6.07 Å². The predicted octanol–water partition coefficient (Wildman–Crippen LogP) is 2.32. The molecule has 22 heavy (non-hydrogen) atoms. The molecule has 0 aliphatic heterocycles. The Morgan fingerprint density at radius 3 is 2.45 bits per heavy atom. The van der Waals surface area contributed by atoms with Gasteiger partial charge in [-0.1, -0.05) is 17.7 Å². The highest BCUT2D eigenvalue weighted by Gasteiger charge is 2.17. The molecular formula is C17H21N3O2. The number of pyridine rings is 1. The Bertz CT molecular complexity index is 776. The lowest BCUT2D eigenvalue weighted by Crippen LogP contribution is -2.37. The second-order valence-electron chi connectivity index (χ2n) is 5.69. The zero-order valence-corrected chi connectivity index (χ0v) is 13.3. The number of hydrazine groups is 1. The molecule has 5 heteroatoms. The van der Waals surface area contributed by atoms with Crippen molar-refractivity contribution in [3.8, 4) is 11.3 Å². The minimum absolute atomic E-state index is 0.0465. The van der Waals surface area contributed by atoms with Crippen molar-refractivity contribution in [3.05, 3.63) is 57.4 Å². The van der Waals surface area contributed by atoms with Gasteiger partial charge in [0, 0.05) is 11.6 Å². The lowest BCUT2D eigenvalue weighted by molar-refractivity contribution is 0.0951. The standard InChI is InChI=1S/C17H21N3O2/c1-10(2)20-15(14-9-11(3)5-6-12(14)4)8-7-13(17(20)22)16(21)19-18/h5-10H,18H2,1-4H3,(H,19,21). The minimum atomic E-state index is -0.577. The molecule has 116 valence electrons. The average molecular weight is 299 g/mol. The summed E-state index contributed by atoms with van der Waals surface area (Å²) in [6.45, 7) is 7.85. The third-order valence-electron chi connectivity index (χ3n) is 3.68. The number of nitrogens with one attached hydrogen (secondary N) is 1. The van der Waals surface area contributed by atoms with E-state index in [0.29, 0.717) is 0 Å². The highest BCUT2D eigenvalue weighted by Crippen LogP contribution is 2.26. The van der Waals surface area contributed by atoms with E-state index in [-0.39, 0.29) is 17.2 Å². The smallest absolute Gasteiger partial charge is 0.270 e. The highest BCUT2D eigenvalue weighted by molar-refractivity contribution is 5.93. The van der Waals surface area contributed by atoms with Crippen molar-refractivity contribution in [3.63, 3.8) is 0 Å². The number of amides is 1. The number of nitrogens with zero attached hydrogens (tertiary/aromatic N) is 1. The van der Waals surface area contributed by atoms with E-state index in [1.54, 1.807) is 10.6 Å². The maximum Gasteiger partial charge on any atom is 0.270 e. The van der Waals surface area contributed by atoms with Crippen LogP contribution >= 0.6 is 0 Å². The van der Waals surface area contributed by atoms with Gasteiger partial charge >= 0.3 is 0 Å². The van der Waals surface area contributed by atoms with Crippen LogP contribution in [-0.4, -0.2) is 10.5 Å². The van der Waals surface area contributed by atoms with Crippen LogP contribution in [0.5, 0.6) is 0 Å². The van der Waals surface area contributed by atoms with Crippen molar-refractivity contribution >= 4 is 5.91 Å². The molecule has 2 aromatic rings. The van der Waals surface area contributed by atoms with Crippen LogP contribution in [0.4, 0.5) is 0 Å². The zero-order chi connectivity index (χ0) is 16.4. The van der Waals surface area contributed by atoms with Gasteiger partial charge in [0.15, 0.2) is 0 Å². The van der Waals surface area contributed by atoms with E-state index >= 15 is 0 Å². The molecule has 2 rings (SSSR count). The van der Waals surface area contributed by atoms with Gasteiger partial charge in [-0.05, 0) is 51.5 Å². The lowest BCUT2D eigenvalue weighted by Gasteiger charge is -2.19. The van der Waals surface area contributed by atoms with E-state index in [4.69, 9.17) is 5.84 Å². The Labute approximate surface area is 129 Å². The van der Waals surface area contributed by atoms with Gasteiger partial charge in [0.05, 0.1) is 5.69 Å². The SMILES string of the molecule is Cc1ccc(C)c(-c2ccc(C(=O)NN)c(=O)n2C(C)C)c1. The molecule has 1 aromatic heterocycles. The molecule has 0 bridgehead atoms. The molecule has 1 heterocycles. The quantitative estimate of drug-likeness (QED) is 0.519. The van der Waals surface area contributed by atoms with E-state index in [9.17, 15) is 9.59 Å². The van der Waals surface area contributed by atoms with Crippen LogP contribution in [0.1, 0.15) is 41.4 Å². The largest absolute Gasteiger partial charge is 0.305 e. The molecule has 0 radical (unpaired) electrons. The van der Waals surface area contributed by atoms with Crippen LogP contribution in [0.25, 0.3) is 11.3 Å². The second-order valence-corrected chi connectivity index (χ2v) is 5.69. The summed E-state index contributed by atoms with van der Waals surface area (Å²) in [5, 5.41) is 0. The summed E-state index contributed by atoms with van der Waals surface area (Å²) in [6, 6.07) is 9.36. The number of aromatic nitrogens is 1. The van der Waals surface area contributed by atoms with Gasteiger partial charge in [-0.15, -0.1) is 0 Å². The van der Waals surface area contributed by atoms with E-state index in [1.807, 2.05) is 51.3 Å². The maximum absolute atomic E-state index is 12.6. The number of aryl methyl sites for hydroxylation is 2. The summed E-state index contributed by atoms with van der Waals surface area (Å²) in [5.74, 6) is 4.57. The van der Waals surface area contributed by atoms with Crippen molar-refractivity contribution in [1.82, 2.24) is 9.99 Å². The highest BCUT2D eigenvalue weighted by atomic mass is 16.2. The molecule has 0 atom stereocenters. The first kappa shape index (κ1) is 16.0. The average Bonchev–Trinajstić information content (AvgIpc) is 2.48. The van der Waals surface area contributed by atoms with Crippen molar-refractivity contribution < 1.29 is 4.79 Å². The number of hydrogen-bond donors (Lipinski definition) is 2. The summed E-state index contributed by atoms with van der Waals surface area (Å²) in [4.78, 5) is 24.4. The summed E-state index contributed by atoms with van der Waals surface area (Å²) >= 11 is 0. The summed E-state index contributed by atoms with van der Waals surface area (Å²) in [7, 11) is 0. The molecule has 0 saturated carbocycles. The van der Waals surface area contributed by atoms with E-state index in [0.717, 1.165) is 22.4 Å². The van der Waals surface area contributed by atoms with Crippen LogP contribution in [0.15, 0.2) is 35.1 Å². The molecule has 0 spiro atoms. The summed E-state index contributed by atoms with van der Waals surface area (Å²) < 4.78 is 1.63. The fourth-order valence-corrected chi connectivity index (χ4v) is 2.55. The first-order valence-electron chi connectivity index (χ1n) is 7.21. The number of nitrogen functional groups attached to an aromatic ring is 1. The summed E-state index contributed by atoms with van der Waals surface area (Å²) in [5.41, 5.74) is 5.71.